The van der Waals surface area contributed by atoms with Gasteiger partial charge in [-0.05, 0) is 55.0 Å². The third-order valence-electron chi connectivity index (χ3n) is 6.09. The van der Waals surface area contributed by atoms with Gasteiger partial charge in [-0.25, -0.2) is 22.9 Å². The molecule has 4 N–H and O–H groups in total. The summed E-state index contributed by atoms with van der Waals surface area (Å²) in [4.78, 5) is 24.5. The Labute approximate surface area is 214 Å². The number of sulfonamides is 1. The maximum Gasteiger partial charge on any atom is 0.407 e. The van der Waals surface area contributed by atoms with Gasteiger partial charge in [0, 0.05) is 19.1 Å². The van der Waals surface area contributed by atoms with E-state index in [1.54, 1.807) is 30.6 Å². The number of nitrogens with one attached hydrogen (secondary N) is 2. The van der Waals surface area contributed by atoms with Crippen LogP contribution in [0.4, 0.5) is 10.6 Å². The number of aromatic nitrogens is 4. The van der Waals surface area contributed by atoms with Crippen LogP contribution in [-0.2, 0) is 27.8 Å². The van der Waals surface area contributed by atoms with Gasteiger partial charge in [-0.1, -0.05) is 31.4 Å². The predicted molar refractivity (Wildman–Crippen MR) is 136 cm³/mol. The number of nitrogens with two attached hydrogens (primary N) is 1. The van der Waals surface area contributed by atoms with E-state index in [2.05, 4.69) is 25.0 Å². The first-order valence-electron chi connectivity index (χ1n) is 12.0. The van der Waals surface area contributed by atoms with Crippen molar-refractivity contribution < 1.29 is 17.9 Å². The summed E-state index contributed by atoms with van der Waals surface area (Å²) in [5.74, 6) is 0.233. The fourth-order valence-electron chi connectivity index (χ4n) is 4.17. The number of imidazole rings is 1. The number of hydrogen-bond acceptors (Lipinski definition) is 8. The van der Waals surface area contributed by atoms with Crippen molar-refractivity contribution in [3.8, 4) is 0 Å². The Balaban J connectivity index is 1.16. The summed E-state index contributed by atoms with van der Waals surface area (Å²) in [5.41, 5.74) is 7.65. The van der Waals surface area contributed by atoms with Crippen LogP contribution in [0.25, 0.3) is 11.2 Å². The van der Waals surface area contributed by atoms with E-state index in [9.17, 15) is 13.2 Å². The molecule has 2 heterocycles. The molecule has 1 amide bonds. The van der Waals surface area contributed by atoms with Crippen molar-refractivity contribution in [1.29, 1.82) is 0 Å². The van der Waals surface area contributed by atoms with Crippen molar-refractivity contribution in [3.05, 3.63) is 41.4 Å². The Morgan fingerprint density at radius 2 is 1.89 bits per heavy atom. The maximum absolute atomic E-state index is 12.6. The zero-order chi connectivity index (χ0) is 25.5. The number of fused-ring (bicyclic) bond motifs is 1. The minimum Gasteiger partial charge on any atom is -0.450 e. The minimum atomic E-state index is -3.55. The second-order valence-electron chi connectivity index (χ2n) is 8.78. The number of benzene rings is 1. The van der Waals surface area contributed by atoms with Crippen LogP contribution in [0.2, 0.25) is 5.28 Å². The van der Waals surface area contributed by atoms with E-state index in [1.807, 2.05) is 4.57 Å². The Bertz CT molecular complexity index is 1290. The largest absolute Gasteiger partial charge is 0.450 e. The van der Waals surface area contributed by atoms with Crippen molar-refractivity contribution in [3.63, 3.8) is 0 Å². The number of nitrogen functional groups attached to an aromatic ring is 1. The van der Waals surface area contributed by atoms with E-state index in [0.717, 1.165) is 44.1 Å². The monoisotopic (exact) mass is 535 g/mol. The lowest BCUT2D eigenvalue weighted by Gasteiger charge is -2.22. The fourth-order valence-corrected chi connectivity index (χ4v) is 5.65. The number of amides is 1. The van der Waals surface area contributed by atoms with Gasteiger partial charge in [0.05, 0.1) is 17.8 Å². The van der Waals surface area contributed by atoms with Gasteiger partial charge < -0.3 is 20.4 Å². The molecule has 194 valence electrons. The Hall–Kier alpha value is -2.96. The molecule has 0 atom stereocenters. The summed E-state index contributed by atoms with van der Waals surface area (Å²) in [6, 6.07) is 6.49. The van der Waals surface area contributed by atoms with Crippen LogP contribution >= 0.6 is 11.6 Å². The first kappa shape index (κ1) is 26.1. The van der Waals surface area contributed by atoms with Gasteiger partial charge in [0.25, 0.3) is 0 Å². The highest BCUT2D eigenvalue weighted by atomic mass is 35.5. The molecule has 2 aromatic heterocycles. The maximum atomic E-state index is 12.6. The van der Waals surface area contributed by atoms with E-state index < -0.39 is 16.1 Å². The molecule has 1 saturated carbocycles. The Morgan fingerprint density at radius 3 is 2.64 bits per heavy atom. The Kier molecular flexibility index (Phi) is 8.60. The molecule has 1 aliphatic rings. The lowest BCUT2D eigenvalue weighted by Crippen LogP contribution is -2.36. The number of carbonyl (C=O) groups is 1. The predicted octanol–water partition coefficient (Wildman–Crippen LogP) is 3.38. The van der Waals surface area contributed by atoms with E-state index in [4.69, 9.17) is 22.1 Å². The van der Waals surface area contributed by atoms with Gasteiger partial charge in [0.2, 0.25) is 15.3 Å². The summed E-state index contributed by atoms with van der Waals surface area (Å²) < 4.78 is 35.0. The lowest BCUT2D eigenvalue weighted by atomic mass is 9.96. The van der Waals surface area contributed by atoms with Crippen LogP contribution in [0.5, 0.6) is 0 Å². The summed E-state index contributed by atoms with van der Waals surface area (Å²) in [6.45, 7) is 1.09. The normalized spacial score (nSPS) is 14.7. The summed E-state index contributed by atoms with van der Waals surface area (Å²) in [5, 5.41) is 2.74. The zero-order valence-corrected chi connectivity index (χ0v) is 21.4. The van der Waals surface area contributed by atoms with E-state index in [1.165, 1.54) is 0 Å². The molecule has 0 radical (unpaired) electrons. The van der Waals surface area contributed by atoms with Crippen molar-refractivity contribution in [1.82, 2.24) is 29.6 Å². The minimum absolute atomic E-state index is 0.00502. The number of ether oxygens (including phenoxy) is 1. The van der Waals surface area contributed by atoms with E-state index in [-0.39, 0.29) is 35.2 Å². The Morgan fingerprint density at radius 1 is 1.14 bits per heavy atom. The number of unbranched alkanes of at least 4 members (excludes halogenated alkanes) is 1. The second kappa shape index (κ2) is 11.8. The molecule has 0 unspecified atom stereocenters. The average Bonchev–Trinajstić information content (AvgIpc) is 3.26. The van der Waals surface area contributed by atoms with E-state index >= 15 is 0 Å². The number of carbonyl (C=O) groups excluding carboxylic acids is 1. The van der Waals surface area contributed by atoms with Crippen molar-refractivity contribution >= 4 is 44.7 Å². The summed E-state index contributed by atoms with van der Waals surface area (Å²) in [7, 11) is -3.55. The standard InChI is InChI=1S/C23H30ClN7O4S/c24-22-28-20(25)19-21(29-22)31(15-27-19)12-4-5-13-35-23(32)26-14-16-8-10-18(11-9-16)36(33,34)30-17-6-2-1-3-7-17/h8-11,15,17,30H,1-7,12-14H2,(H,26,32)(H2,25,28,29). The van der Waals surface area contributed by atoms with Crippen LogP contribution in [0, 0.1) is 0 Å². The first-order valence-corrected chi connectivity index (χ1v) is 13.8. The number of rotatable bonds is 10. The van der Waals surface area contributed by atoms with Crippen LogP contribution in [-0.4, -0.2) is 46.7 Å². The van der Waals surface area contributed by atoms with Crippen LogP contribution < -0.4 is 15.8 Å². The van der Waals surface area contributed by atoms with Gasteiger partial charge in [-0.15, -0.1) is 0 Å². The second-order valence-corrected chi connectivity index (χ2v) is 10.8. The highest BCUT2D eigenvalue weighted by Gasteiger charge is 2.21. The summed E-state index contributed by atoms with van der Waals surface area (Å²) in [6.07, 6.45) is 7.48. The molecule has 0 aliphatic heterocycles. The van der Waals surface area contributed by atoms with E-state index in [0.29, 0.717) is 24.1 Å². The van der Waals surface area contributed by atoms with Crippen molar-refractivity contribution in [2.75, 3.05) is 12.3 Å². The third-order valence-corrected chi connectivity index (χ3v) is 7.79. The molecule has 36 heavy (non-hydrogen) atoms. The molecular weight excluding hydrogens is 506 g/mol. The molecule has 11 nitrogen and oxygen atoms in total. The first-order chi connectivity index (χ1) is 17.3. The third kappa shape index (κ3) is 6.83. The van der Waals surface area contributed by atoms with Crippen LogP contribution in [0.3, 0.4) is 0 Å². The van der Waals surface area contributed by atoms with Gasteiger partial charge in [0.15, 0.2) is 11.5 Å². The molecule has 3 aromatic rings. The molecule has 0 saturated heterocycles. The van der Waals surface area contributed by atoms with Gasteiger partial charge in [0.1, 0.15) is 5.52 Å². The molecule has 0 bridgehead atoms. The topological polar surface area (TPSA) is 154 Å². The molecule has 1 fully saturated rings. The van der Waals surface area contributed by atoms with Gasteiger partial charge >= 0.3 is 6.09 Å². The van der Waals surface area contributed by atoms with Gasteiger partial charge in [-0.3, -0.25) is 0 Å². The number of halogens is 1. The number of aryl methyl sites for hydroxylation is 1. The number of alkyl carbamates (subject to hydrolysis) is 1. The van der Waals surface area contributed by atoms with Crippen molar-refractivity contribution in [2.45, 2.75) is 69.0 Å². The fraction of sp³-hybridized carbons (Fsp3) is 0.478. The highest BCUT2D eigenvalue weighted by molar-refractivity contribution is 7.89. The van der Waals surface area contributed by atoms with Gasteiger partial charge in [-0.2, -0.15) is 9.97 Å². The number of anilines is 1. The molecule has 13 heteroatoms. The smallest absolute Gasteiger partial charge is 0.407 e. The number of nitrogens with zero attached hydrogens (tertiary/aromatic N) is 4. The lowest BCUT2D eigenvalue weighted by molar-refractivity contribution is 0.143. The highest BCUT2D eigenvalue weighted by Crippen LogP contribution is 2.21. The molecule has 0 spiro atoms. The molecule has 1 aromatic carbocycles. The molecule has 4 rings (SSSR count). The van der Waals surface area contributed by atoms with Crippen LogP contribution in [0.15, 0.2) is 35.5 Å². The average molecular weight is 536 g/mol. The quantitative estimate of drug-likeness (QED) is 0.263. The SMILES string of the molecule is Nc1nc(Cl)nc2c1ncn2CCCCOC(=O)NCc1ccc(S(=O)(=O)NC2CCCCC2)cc1. The van der Waals surface area contributed by atoms with Crippen LogP contribution in [0.1, 0.15) is 50.5 Å². The zero-order valence-electron chi connectivity index (χ0n) is 19.8. The molecule has 1 aliphatic carbocycles. The summed E-state index contributed by atoms with van der Waals surface area (Å²) >= 11 is 5.87. The number of hydrogen-bond donors (Lipinski definition) is 3. The van der Waals surface area contributed by atoms with Crippen molar-refractivity contribution in [2.24, 2.45) is 0 Å². The molecular formula is C23H30ClN7O4S.